The molecule has 0 saturated carbocycles. The number of anilines is 1. The number of para-hydroxylation sites is 1. The number of rotatable bonds is 4. The Labute approximate surface area is 186 Å². The predicted molar refractivity (Wildman–Crippen MR) is 120 cm³/mol. The van der Waals surface area contributed by atoms with Crippen molar-refractivity contribution in [1.29, 1.82) is 0 Å². The van der Waals surface area contributed by atoms with Crippen LogP contribution in [0.4, 0.5) is 5.82 Å². The zero-order valence-electron chi connectivity index (χ0n) is 18.1. The van der Waals surface area contributed by atoms with E-state index in [0.29, 0.717) is 35.9 Å². The summed E-state index contributed by atoms with van der Waals surface area (Å²) in [5, 5.41) is 0. The molecule has 0 spiro atoms. The highest BCUT2D eigenvalue weighted by atomic mass is 16.5. The van der Waals surface area contributed by atoms with Crippen LogP contribution >= 0.6 is 0 Å². The number of carbonyl (C=O) groups excluding carboxylic acids is 2. The summed E-state index contributed by atoms with van der Waals surface area (Å²) in [6.07, 6.45) is 2.01. The van der Waals surface area contributed by atoms with Crippen LogP contribution < -0.4 is 9.64 Å². The van der Waals surface area contributed by atoms with E-state index in [-0.39, 0.29) is 17.9 Å². The van der Waals surface area contributed by atoms with Crippen molar-refractivity contribution in [3.63, 3.8) is 0 Å². The molecule has 2 amide bonds. The molecule has 1 atom stereocenters. The van der Waals surface area contributed by atoms with E-state index in [1.165, 1.54) is 0 Å². The highest BCUT2D eigenvalue weighted by Crippen LogP contribution is 2.35. The summed E-state index contributed by atoms with van der Waals surface area (Å²) in [4.78, 5) is 38.3. The molecule has 3 heterocycles. The molecule has 2 aliphatic rings. The van der Waals surface area contributed by atoms with Crippen LogP contribution in [0.1, 0.15) is 46.3 Å². The summed E-state index contributed by atoms with van der Waals surface area (Å²) in [7, 11) is 1.74. The minimum absolute atomic E-state index is 0.0177. The third-order valence-electron chi connectivity index (χ3n) is 6.10. The Hall–Kier alpha value is -3.74. The zero-order chi connectivity index (χ0) is 22.2. The monoisotopic (exact) mass is 428 g/mol. The van der Waals surface area contributed by atoms with Crippen molar-refractivity contribution in [2.24, 2.45) is 0 Å². The normalized spacial score (nSPS) is 17.6. The number of fused-ring (bicyclic) bond motifs is 1. The smallest absolute Gasteiger partial charge is 0.254 e. The van der Waals surface area contributed by atoms with Gasteiger partial charge in [-0.15, -0.1) is 0 Å². The molecule has 0 N–H and O–H groups in total. The van der Waals surface area contributed by atoms with Crippen molar-refractivity contribution in [3.8, 4) is 11.5 Å². The Bertz CT molecular complexity index is 1200. The third kappa shape index (κ3) is 3.60. The SMILES string of the molecule is Cc1nc([C@H]2CCCN2C(=O)c2cccc(Oc3ccccc3)c2)nc2c1CC(=O)N2C. The van der Waals surface area contributed by atoms with Crippen molar-refractivity contribution in [1.82, 2.24) is 14.9 Å². The summed E-state index contributed by atoms with van der Waals surface area (Å²) in [6, 6.07) is 16.5. The zero-order valence-corrected chi connectivity index (χ0v) is 18.1. The molecule has 1 aromatic heterocycles. The topological polar surface area (TPSA) is 75.6 Å². The number of aryl methyl sites for hydroxylation is 1. The standard InChI is InChI=1S/C25H24N4O3/c1-16-20-15-22(30)28(2)24(20)27-23(26-16)21-12-7-13-29(21)25(31)17-8-6-11-19(14-17)32-18-9-4-3-5-10-18/h3-6,8-11,14,21H,7,12-13,15H2,1-2H3/t21-/m1/s1. The predicted octanol–water partition coefficient (Wildman–Crippen LogP) is 4.07. The summed E-state index contributed by atoms with van der Waals surface area (Å²) >= 11 is 0. The molecule has 1 saturated heterocycles. The van der Waals surface area contributed by atoms with Gasteiger partial charge in [0.25, 0.3) is 5.91 Å². The molecule has 2 aromatic carbocycles. The number of likely N-dealkylation sites (tertiary alicyclic amines) is 1. The molecule has 0 aliphatic carbocycles. The van der Waals surface area contributed by atoms with Crippen LogP contribution in [-0.4, -0.2) is 40.3 Å². The number of aromatic nitrogens is 2. The lowest BCUT2D eigenvalue weighted by Gasteiger charge is -2.25. The average Bonchev–Trinajstić information content (AvgIpc) is 3.40. The van der Waals surface area contributed by atoms with Crippen molar-refractivity contribution >= 4 is 17.6 Å². The number of benzene rings is 2. The van der Waals surface area contributed by atoms with Gasteiger partial charge in [0.1, 0.15) is 17.3 Å². The van der Waals surface area contributed by atoms with Crippen LogP contribution in [0.3, 0.4) is 0 Å². The molecule has 7 heteroatoms. The molecular weight excluding hydrogens is 404 g/mol. The lowest BCUT2D eigenvalue weighted by atomic mass is 10.1. The van der Waals surface area contributed by atoms with Gasteiger partial charge < -0.3 is 9.64 Å². The Morgan fingerprint density at radius 1 is 1.06 bits per heavy atom. The van der Waals surface area contributed by atoms with E-state index in [4.69, 9.17) is 9.72 Å². The van der Waals surface area contributed by atoms with E-state index in [9.17, 15) is 9.59 Å². The van der Waals surface area contributed by atoms with E-state index in [1.54, 1.807) is 24.1 Å². The van der Waals surface area contributed by atoms with E-state index in [1.807, 2.05) is 54.3 Å². The largest absolute Gasteiger partial charge is 0.457 e. The van der Waals surface area contributed by atoms with Gasteiger partial charge in [-0.05, 0) is 50.1 Å². The second-order valence-corrected chi connectivity index (χ2v) is 8.20. The third-order valence-corrected chi connectivity index (χ3v) is 6.10. The van der Waals surface area contributed by atoms with Gasteiger partial charge >= 0.3 is 0 Å². The van der Waals surface area contributed by atoms with E-state index < -0.39 is 0 Å². The number of amides is 2. The minimum atomic E-state index is -0.214. The van der Waals surface area contributed by atoms with Crippen molar-refractivity contribution < 1.29 is 14.3 Å². The average molecular weight is 428 g/mol. The molecule has 3 aromatic rings. The highest BCUT2D eigenvalue weighted by Gasteiger charge is 2.35. The fraction of sp³-hybridized carbons (Fsp3) is 0.280. The second kappa shape index (κ2) is 8.07. The van der Waals surface area contributed by atoms with Gasteiger partial charge in [0.05, 0.1) is 12.5 Å². The molecule has 162 valence electrons. The van der Waals surface area contributed by atoms with Gasteiger partial charge in [0.2, 0.25) is 5.91 Å². The van der Waals surface area contributed by atoms with Crippen LogP contribution in [-0.2, 0) is 11.2 Å². The Morgan fingerprint density at radius 3 is 2.66 bits per heavy atom. The Morgan fingerprint density at radius 2 is 1.84 bits per heavy atom. The molecule has 2 aliphatic heterocycles. The van der Waals surface area contributed by atoms with Crippen LogP contribution in [0.15, 0.2) is 54.6 Å². The fourth-order valence-corrected chi connectivity index (χ4v) is 4.38. The lowest BCUT2D eigenvalue weighted by Crippen LogP contribution is -2.32. The van der Waals surface area contributed by atoms with Gasteiger partial charge in [-0.1, -0.05) is 24.3 Å². The lowest BCUT2D eigenvalue weighted by molar-refractivity contribution is -0.117. The van der Waals surface area contributed by atoms with Gasteiger partial charge in [-0.2, -0.15) is 0 Å². The maximum absolute atomic E-state index is 13.4. The Balaban J connectivity index is 1.41. The number of likely N-dealkylation sites (N-methyl/N-ethyl adjacent to an activating group) is 1. The summed E-state index contributed by atoms with van der Waals surface area (Å²) in [5.74, 6) is 2.54. The number of hydrogen-bond acceptors (Lipinski definition) is 5. The molecule has 1 fully saturated rings. The summed E-state index contributed by atoms with van der Waals surface area (Å²) in [5.41, 5.74) is 2.25. The quantitative estimate of drug-likeness (QED) is 0.626. The van der Waals surface area contributed by atoms with Crippen LogP contribution in [0.25, 0.3) is 0 Å². The Kier molecular flexibility index (Phi) is 5.09. The van der Waals surface area contributed by atoms with Gasteiger partial charge in [-0.25, -0.2) is 9.97 Å². The van der Waals surface area contributed by atoms with Gasteiger partial charge in [0, 0.05) is 30.4 Å². The molecule has 0 unspecified atom stereocenters. The number of hydrogen-bond donors (Lipinski definition) is 0. The molecule has 5 rings (SSSR count). The highest BCUT2D eigenvalue weighted by molar-refractivity contribution is 6.00. The molecule has 0 radical (unpaired) electrons. The molecule has 0 bridgehead atoms. The van der Waals surface area contributed by atoms with E-state index >= 15 is 0 Å². The first-order chi connectivity index (χ1) is 15.5. The summed E-state index contributed by atoms with van der Waals surface area (Å²) < 4.78 is 5.90. The minimum Gasteiger partial charge on any atom is -0.457 e. The first-order valence-corrected chi connectivity index (χ1v) is 10.8. The van der Waals surface area contributed by atoms with E-state index in [0.717, 1.165) is 29.8 Å². The number of ether oxygens (including phenoxy) is 1. The van der Waals surface area contributed by atoms with Gasteiger partial charge in [-0.3, -0.25) is 14.5 Å². The number of carbonyl (C=O) groups is 2. The number of nitrogens with zero attached hydrogens (tertiary/aromatic N) is 4. The maximum Gasteiger partial charge on any atom is 0.254 e. The van der Waals surface area contributed by atoms with Crippen molar-refractivity contribution in [2.75, 3.05) is 18.5 Å². The van der Waals surface area contributed by atoms with Gasteiger partial charge in [0.15, 0.2) is 5.82 Å². The molecule has 7 nitrogen and oxygen atoms in total. The van der Waals surface area contributed by atoms with Crippen LogP contribution in [0.5, 0.6) is 11.5 Å². The summed E-state index contributed by atoms with van der Waals surface area (Å²) in [6.45, 7) is 2.55. The van der Waals surface area contributed by atoms with Crippen molar-refractivity contribution in [3.05, 3.63) is 77.2 Å². The fourth-order valence-electron chi connectivity index (χ4n) is 4.38. The molecular formula is C25H24N4O3. The maximum atomic E-state index is 13.4. The van der Waals surface area contributed by atoms with E-state index in [2.05, 4.69) is 4.98 Å². The first kappa shape index (κ1) is 20.2. The molecule has 32 heavy (non-hydrogen) atoms. The second-order valence-electron chi connectivity index (χ2n) is 8.20. The van der Waals surface area contributed by atoms with Crippen molar-refractivity contribution in [2.45, 2.75) is 32.2 Å². The van der Waals surface area contributed by atoms with Crippen LogP contribution in [0.2, 0.25) is 0 Å². The first-order valence-electron chi connectivity index (χ1n) is 10.8. The van der Waals surface area contributed by atoms with Crippen LogP contribution in [0, 0.1) is 6.92 Å².